The maximum atomic E-state index is 12.7. The van der Waals surface area contributed by atoms with E-state index >= 15 is 0 Å². The molecule has 0 bridgehead atoms. The Morgan fingerprint density at radius 3 is 2.44 bits per heavy atom. The molecule has 0 amide bonds. The lowest BCUT2D eigenvalue weighted by Crippen LogP contribution is -2.49. The van der Waals surface area contributed by atoms with Crippen LogP contribution in [0, 0.1) is 57.7 Å². The predicted molar refractivity (Wildman–Crippen MR) is 133 cm³/mol. The van der Waals surface area contributed by atoms with Crippen molar-refractivity contribution in [3.8, 4) is 0 Å². The van der Waals surface area contributed by atoms with Gasteiger partial charge in [0.1, 0.15) is 0 Å². The molecule has 0 spiro atoms. The molecule has 3 saturated carbocycles. The summed E-state index contributed by atoms with van der Waals surface area (Å²) in [7, 11) is 1.56. The molecule has 0 aromatic heterocycles. The smallest absolute Gasteiger partial charge is 0.309 e. The van der Waals surface area contributed by atoms with Crippen LogP contribution < -0.4 is 0 Å². The minimum atomic E-state index is -0.0727. The number of rotatable bonds is 6. The van der Waals surface area contributed by atoms with Crippen LogP contribution in [0.2, 0.25) is 0 Å². The highest BCUT2D eigenvalue weighted by Crippen LogP contribution is 2.71. The third-order valence-corrected chi connectivity index (χ3v) is 11.3. The Kier molecular flexibility index (Phi) is 6.43. The molecule has 0 N–H and O–H groups in total. The summed E-state index contributed by atoms with van der Waals surface area (Å²) in [6, 6.07) is 0. The van der Waals surface area contributed by atoms with Crippen molar-refractivity contribution >= 4 is 5.97 Å². The van der Waals surface area contributed by atoms with E-state index in [1.54, 1.807) is 12.7 Å². The Labute approximate surface area is 198 Å². The van der Waals surface area contributed by atoms with E-state index in [0.29, 0.717) is 5.41 Å². The van der Waals surface area contributed by atoms with E-state index in [1.807, 2.05) is 0 Å². The van der Waals surface area contributed by atoms with E-state index < -0.39 is 0 Å². The van der Waals surface area contributed by atoms with E-state index in [4.69, 9.17) is 4.74 Å². The van der Waals surface area contributed by atoms with Crippen LogP contribution in [0.1, 0.15) is 106 Å². The van der Waals surface area contributed by atoms with E-state index in [0.717, 1.165) is 41.9 Å². The van der Waals surface area contributed by atoms with Crippen molar-refractivity contribution in [3.63, 3.8) is 0 Å². The van der Waals surface area contributed by atoms with Crippen LogP contribution >= 0.6 is 0 Å². The second-order valence-corrected chi connectivity index (χ2v) is 13.7. The van der Waals surface area contributed by atoms with Gasteiger partial charge in [0, 0.05) is 0 Å². The fourth-order valence-corrected chi connectivity index (χ4v) is 9.77. The van der Waals surface area contributed by atoms with Crippen LogP contribution in [-0.4, -0.2) is 13.1 Å². The number of ether oxygens (including phenoxy) is 1. The number of fused-ring (bicyclic) bond motifs is 5. The molecule has 3 fully saturated rings. The van der Waals surface area contributed by atoms with Crippen molar-refractivity contribution in [1.82, 2.24) is 0 Å². The minimum absolute atomic E-state index is 0.000115. The summed E-state index contributed by atoms with van der Waals surface area (Å²) < 4.78 is 5.26. The number of hydrogen-bond donors (Lipinski definition) is 0. The van der Waals surface area contributed by atoms with E-state index in [1.165, 1.54) is 51.4 Å². The van der Waals surface area contributed by atoms with Gasteiger partial charge >= 0.3 is 5.97 Å². The SMILES string of the molecule is COC(=O)[C@@H]1C[C@]2(C)C(=CC[C@H]3[C@H]4CC[C@@H]([C@@H](C)CCCC(C)C)[C@@]4(C)CC[C@@H]32)C1(C)C. The molecular weight excluding hydrogens is 392 g/mol. The highest BCUT2D eigenvalue weighted by molar-refractivity contribution is 5.75. The summed E-state index contributed by atoms with van der Waals surface area (Å²) in [5.74, 6) is 5.02. The lowest BCUT2D eigenvalue weighted by molar-refractivity contribution is -0.148. The first-order chi connectivity index (χ1) is 15.0. The second kappa shape index (κ2) is 8.46. The number of carbonyl (C=O) groups is 1. The Bertz CT molecular complexity index is 748. The molecule has 8 atom stereocenters. The summed E-state index contributed by atoms with van der Waals surface area (Å²) in [6.07, 6.45) is 14.6. The molecule has 4 aliphatic carbocycles. The summed E-state index contributed by atoms with van der Waals surface area (Å²) in [4.78, 5) is 12.7. The van der Waals surface area contributed by atoms with Gasteiger partial charge in [-0.3, -0.25) is 4.79 Å². The average Bonchev–Trinajstić information content (AvgIpc) is 3.18. The van der Waals surface area contributed by atoms with Gasteiger partial charge in [-0.25, -0.2) is 0 Å². The van der Waals surface area contributed by atoms with Crippen LogP contribution in [0.15, 0.2) is 11.6 Å². The summed E-state index contributed by atoms with van der Waals surface area (Å²) in [5, 5.41) is 0. The van der Waals surface area contributed by atoms with Gasteiger partial charge in [-0.2, -0.15) is 0 Å². The molecule has 0 aliphatic heterocycles. The first-order valence-electron chi connectivity index (χ1n) is 13.8. The topological polar surface area (TPSA) is 26.3 Å². The molecule has 0 aromatic carbocycles. The minimum Gasteiger partial charge on any atom is -0.469 e. The van der Waals surface area contributed by atoms with Gasteiger partial charge in [0.05, 0.1) is 13.0 Å². The van der Waals surface area contributed by atoms with Crippen molar-refractivity contribution in [2.24, 2.45) is 57.7 Å². The quantitative estimate of drug-likeness (QED) is 0.307. The van der Waals surface area contributed by atoms with Gasteiger partial charge in [0.2, 0.25) is 0 Å². The number of esters is 1. The molecule has 2 nitrogen and oxygen atoms in total. The second-order valence-electron chi connectivity index (χ2n) is 13.7. The molecular formula is C30H50O2. The first kappa shape index (κ1) is 24.3. The zero-order valence-electron chi connectivity index (χ0n) is 22.3. The Balaban J connectivity index is 1.54. The fourth-order valence-electron chi connectivity index (χ4n) is 9.77. The van der Waals surface area contributed by atoms with E-state index in [2.05, 4.69) is 54.5 Å². The predicted octanol–water partition coefficient (Wildman–Crippen LogP) is 8.06. The van der Waals surface area contributed by atoms with Gasteiger partial charge in [0.15, 0.2) is 0 Å². The van der Waals surface area contributed by atoms with Crippen molar-refractivity contribution in [3.05, 3.63) is 11.6 Å². The first-order valence-corrected chi connectivity index (χ1v) is 13.8. The Morgan fingerprint density at radius 2 is 1.78 bits per heavy atom. The van der Waals surface area contributed by atoms with Crippen molar-refractivity contribution in [2.45, 2.75) is 106 Å². The van der Waals surface area contributed by atoms with Crippen molar-refractivity contribution in [1.29, 1.82) is 0 Å². The Hall–Kier alpha value is -0.790. The average molecular weight is 443 g/mol. The monoisotopic (exact) mass is 442 g/mol. The van der Waals surface area contributed by atoms with Crippen LogP contribution in [0.25, 0.3) is 0 Å². The van der Waals surface area contributed by atoms with Gasteiger partial charge in [-0.15, -0.1) is 0 Å². The van der Waals surface area contributed by atoms with Crippen LogP contribution in [0.4, 0.5) is 0 Å². The zero-order valence-corrected chi connectivity index (χ0v) is 22.3. The van der Waals surface area contributed by atoms with Gasteiger partial charge in [0.25, 0.3) is 0 Å². The third-order valence-electron chi connectivity index (χ3n) is 11.3. The molecule has 0 heterocycles. The number of hydrogen-bond acceptors (Lipinski definition) is 2. The molecule has 32 heavy (non-hydrogen) atoms. The number of carbonyl (C=O) groups excluding carboxylic acids is 1. The van der Waals surface area contributed by atoms with E-state index in [9.17, 15) is 4.79 Å². The van der Waals surface area contributed by atoms with Crippen LogP contribution in [0.5, 0.6) is 0 Å². The largest absolute Gasteiger partial charge is 0.469 e. The molecule has 4 rings (SSSR count). The summed E-state index contributed by atoms with van der Waals surface area (Å²) in [6.45, 7) is 17.0. The Morgan fingerprint density at radius 1 is 1.06 bits per heavy atom. The number of methoxy groups -OCH3 is 1. The molecule has 182 valence electrons. The normalized spacial score (nSPS) is 43.3. The molecule has 0 radical (unpaired) electrons. The molecule has 2 heteroatoms. The zero-order chi connectivity index (χ0) is 23.5. The molecule has 4 aliphatic rings. The maximum Gasteiger partial charge on any atom is 0.309 e. The molecule has 0 aromatic rings. The van der Waals surface area contributed by atoms with Crippen LogP contribution in [-0.2, 0) is 9.53 Å². The van der Waals surface area contributed by atoms with Gasteiger partial charge in [-0.05, 0) is 90.3 Å². The third kappa shape index (κ3) is 3.61. The van der Waals surface area contributed by atoms with Crippen molar-refractivity contribution in [2.75, 3.05) is 7.11 Å². The lowest BCUT2D eigenvalue weighted by Gasteiger charge is -2.56. The standard InChI is InChI=1S/C30H50O2/c1-19(2)10-9-11-20(3)22-13-14-23-21-12-15-26-28(4,5)25(27(31)32-8)18-30(26,7)24(21)16-17-29(22,23)6/h15,19-25H,9-14,16-18H2,1-8H3/t20-,21-,22-,23+,24-,25-,29+,30-/m0/s1. The molecule has 0 unspecified atom stereocenters. The van der Waals surface area contributed by atoms with Gasteiger partial charge in [-0.1, -0.05) is 79.4 Å². The maximum absolute atomic E-state index is 12.7. The number of allylic oxidation sites excluding steroid dienone is 2. The fraction of sp³-hybridized carbons (Fsp3) is 0.900. The molecule has 0 saturated heterocycles. The van der Waals surface area contributed by atoms with Crippen LogP contribution in [0.3, 0.4) is 0 Å². The van der Waals surface area contributed by atoms with Crippen molar-refractivity contribution < 1.29 is 9.53 Å². The highest BCUT2D eigenvalue weighted by atomic mass is 16.5. The highest BCUT2D eigenvalue weighted by Gasteiger charge is 2.64. The lowest BCUT2D eigenvalue weighted by atomic mass is 9.48. The van der Waals surface area contributed by atoms with E-state index in [-0.39, 0.29) is 22.7 Å². The summed E-state index contributed by atoms with van der Waals surface area (Å²) >= 11 is 0. The van der Waals surface area contributed by atoms with Gasteiger partial charge < -0.3 is 4.74 Å². The summed E-state index contributed by atoms with van der Waals surface area (Å²) in [5.41, 5.74) is 2.20.